The number of aliphatic carboxylic acids is 1. The van der Waals surface area contributed by atoms with E-state index in [4.69, 9.17) is 5.11 Å². The van der Waals surface area contributed by atoms with E-state index in [1.165, 1.54) is 12.1 Å². The molecule has 0 amide bonds. The molecule has 1 aromatic rings. The van der Waals surface area contributed by atoms with Crippen LogP contribution in [-0.4, -0.2) is 36.9 Å². The molecule has 0 fully saturated rings. The van der Waals surface area contributed by atoms with Crippen molar-refractivity contribution in [3.05, 3.63) is 30.3 Å². The summed E-state index contributed by atoms with van der Waals surface area (Å²) in [6.07, 6.45) is -0.195. The second-order valence-electron chi connectivity index (χ2n) is 3.45. The molecule has 0 heterocycles. The summed E-state index contributed by atoms with van der Waals surface area (Å²) in [4.78, 5) is 10.6. The Morgan fingerprint density at radius 2 is 1.88 bits per heavy atom. The highest BCUT2D eigenvalue weighted by atomic mass is 32.2. The molecule has 94 valence electrons. The van der Waals surface area contributed by atoms with Gasteiger partial charge in [0.1, 0.15) is 0 Å². The number of sulfonamides is 1. The Kier molecular flexibility index (Phi) is 4.65. The zero-order chi connectivity index (χ0) is 12.9. The minimum absolute atomic E-state index is 0.0109. The highest BCUT2D eigenvalue weighted by Gasteiger charge is 2.22. The molecule has 6 heteroatoms. The number of carbonyl (C=O) groups is 1. The highest BCUT2D eigenvalue weighted by Crippen LogP contribution is 2.14. The van der Waals surface area contributed by atoms with Crippen LogP contribution in [0.3, 0.4) is 0 Å². The van der Waals surface area contributed by atoms with Gasteiger partial charge in [0, 0.05) is 13.1 Å². The van der Waals surface area contributed by atoms with Crippen LogP contribution in [0, 0.1) is 0 Å². The second-order valence-corrected chi connectivity index (χ2v) is 5.39. The number of carboxylic acid groups (broad SMARTS) is 1. The second kappa shape index (κ2) is 5.79. The largest absolute Gasteiger partial charge is 0.481 e. The molecule has 0 unspecified atom stereocenters. The number of carboxylic acids is 1. The van der Waals surface area contributed by atoms with Crippen molar-refractivity contribution < 1.29 is 18.3 Å². The van der Waals surface area contributed by atoms with Gasteiger partial charge in [-0.1, -0.05) is 25.1 Å². The average Bonchev–Trinajstić information content (AvgIpc) is 2.30. The molecule has 0 saturated heterocycles. The summed E-state index contributed by atoms with van der Waals surface area (Å²) in [5.74, 6) is -1.01. The van der Waals surface area contributed by atoms with Crippen molar-refractivity contribution in [3.63, 3.8) is 0 Å². The molecular weight excluding hydrogens is 242 g/mol. The monoisotopic (exact) mass is 257 g/mol. The van der Waals surface area contributed by atoms with Crippen molar-refractivity contribution in [3.8, 4) is 0 Å². The lowest BCUT2D eigenvalue weighted by Gasteiger charge is -2.19. The van der Waals surface area contributed by atoms with Crippen LogP contribution >= 0.6 is 0 Å². The summed E-state index contributed by atoms with van der Waals surface area (Å²) >= 11 is 0. The third-order valence-corrected chi connectivity index (χ3v) is 4.30. The maximum atomic E-state index is 12.1. The summed E-state index contributed by atoms with van der Waals surface area (Å²) in [6, 6.07) is 8.00. The van der Waals surface area contributed by atoms with E-state index in [2.05, 4.69) is 0 Å². The van der Waals surface area contributed by atoms with E-state index < -0.39 is 16.0 Å². The fourth-order valence-electron chi connectivity index (χ4n) is 1.41. The van der Waals surface area contributed by atoms with Crippen LogP contribution in [0.5, 0.6) is 0 Å². The van der Waals surface area contributed by atoms with Crippen LogP contribution in [0.4, 0.5) is 0 Å². The van der Waals surface area contributed by atoms with Crippen LogP contribution < -0.4 is 0 Å². The zero-order valence-corrected chi connectivity index (χ0v) is 10.4. The van der Waals surface area contributed by atoms with Crippen molar-refractivity contribution in [1.29, 1.82) is 0 Å². The first kappa shape index (κ1) is 13.7. The maximum absolute atomic E-state index is 12.1. The van der Waals surface area contributed by atoms with Crippen molar-refractivity contribution in [1.82, 2.24) is 4.31 Å². The van der Waals surface area contributed by atoms with Crippen LogP contribution in [0.1, 0.15) is 13.3 Å². The zero-order valence-electron chi connectivity index (χ0n) is 9.54. The van der Waals surface area contributed by atoms with Crippen LogP contribution in [0.2, 0.25) is 0 Å². The number of nitrogens with zero attached hydrogens (tertiary/aromatic N) is 1. The Bertz CT molecular complexity index is 470. The quantitative estimate of drug-likeness (QED) is 0.830. The third-order valence-electron chi connectivity index (χ3n) is 2.31. The van der Waals surface area contributed by atoms with Gasteiger partial charge in [0.05, 0.1) is 11.3 Å². The van der Waals surface area contributed by atoms with Crippen molar-refractivity contribution in [2.24, 2.45) is 0 Å². The third kappa shape index (κ3) is 3.54. The summed E-state index contributed by atoms with van der Waals surface area (Å²) in [6.45, 7) is 1.93. The minimum atomic E-state index is -3.58. The average molecular weight is 257 g/mol. The molecule has 17 heavy (non-hydrogen) atoms. The fraction of sp³-hybridized carbons (Fsp3) is 0.364. The SMILES string of the molecule is CCN(CCC(=O)O)S(=O)(=O)c1ccccc1. The molecule has 0 bridgehead atoms. The fourth-order valence-corrected chi connectivity index (χ4v) is 2.88. The Balaban J connectivity index is 2.91. The van der Waals surface area contributed by atoms with Gasteiger partial charge >= 0.3 is 5.97 Å². The van der Waals surface area contributed by atoms with Gasteiger partial charge in [0.25, 0.3) is 0 Å². The van der Waals surface area contributed by atoms with Crippen molar-refractivity contribution in [2.75, 3.05) is 13.1 Å². The lowest BCUT2D eigenvalue weighted by atomic mass is 10.4. The van der Waals surface area contributed by atoms with Gasteiger partial charge in [-0.25, -0.2) is 8.42 Å². The number of hydrogen-bond acceptors (Lipinski definition) is 3. The van der Waals surface area contributed by atoms with Gasteiger partial charge in [0.15, 0.2) is 0 Å². The van der Waals surface area contributed by atoms with E-state index in [0.29, 0.717) is 0 Å². The normalized spacial score (nSPS) is 11.6. The molecule has 0 atom stereocenters. The van der Waals surface area contributed by atoms with Gasteiger partial charge < -0.3 is 5.11 Å². The molecular formula is C11H15NO4S. The summed E-state index contributed by atoms with van der Waals surface area (Å²) in [5, 5.41) is 8.57. The van der Waals surface area contributed by atoms with E-state index in [0.717, 1.165) is 4.31 Å². The van der Waals surface area contributed by atoms with E-state index >= 15 is 0 Å². The van der Waals surface area contributed by atoms with Gasteiger partial charge in [-0.15, -0.1) is 0 Å². The minimum Gasteiger partial charge on any atom is -0.481 e. The first-order valence-corrected chi connectivity index (χ1v) is 6.69. The molecule has 1 aromatic carbocycles. The van der Waals surface area contributed by atoms with E-state index in [1.807, 2.05) is 0 Å². The first-order valence-electron chi connectivity index (χ1n) is 5.25. The predicted octanol–water partition coefficient (Wildman–Crippen LogP) is 1.17. The molecule has 0 spiro atoms. The summed E-state index contributed by atoms with van der Waals surface area (Å²) in [7, 11) is -3.58. The predicted molar refractivity (Wildman–Crippen MR) is 63.1 cm³/mol. The smallest absolute Gasteiger partial charge is 0.304 e. The lowest BCUT2D eigenvalue weighted by molar-refractivity contribution is -0.137. The number of rotatable bonds is 6. The summed E-state index contributed by atoms with van der Waals surface area (Å²) in [5.41, 5.74) is 0. The summed E-state index contributed by atoms with van der Waals surface area (Å²) < 4.78 is 25.4. The molecule has 1 rings (SSSR count). The first-order chi connectivity index (χ1) is 7.98. The Hall–Kier alpha value is -1.40. The Morgan fingerprint density at radius 3 is 2.35 bits per heavy atom. The highest BCUT2D eigenvalue weighted by molar-refractivity contribution is 7.89. The van der Waals surface area contributed by atoms with Crippen molar-refractivity contribution in [2.45, 2.75) is 18.2 Å². The molecule has 0 aliphatic heterocycles. The molecule has 0 aromatic heterocycles. The molecule has 0 saturated carbocycles. The van der Waals surface area contributed by atoms with Gasteiger partial charge in [0.2, 0.25) is 10.0 Å². The molecule has 0 aliphatic carbocycles. The van der Waals surface area contributed by atoms with Crippen LogP contribution in [0.15, 0.2) is 35.2 Å². The maximum Gasteiger partial charge on any atom is 0.304 e. The standard InChI is InChI=1S/C11H15NO4S/c1-2-12(9-8-11(13)14)17(15,16)10-6-4-3-5-7-10/h3-7H,2,8-9H2,1H3,(H,13,14). The molecule has 0 radical (unpaired) electrons. The Labute approximate surface area is 101 Å². The number of hydrogen-bond donors (Lipinski definition) is 1. The molecule has 0 aliphatic rings. The lowest BCUT2D eigenvalue weighted by Crippen LogP contribution is -2.32. The van der Waals surface area contributed by atoms with E-state index in [9.17, 15) is 13.2 Å². The number of benzene rings is 1. The van der Waals surface area contributed by atoms with E-state index in [-0.39, 0.29) is 24.4 Å². The topological polar surface area (TPSA) is 74.7 Å². The van der Waals surface area contributed by atoms with Crippen LogP contribution in [-0.2, 0) is 14.8 Å². The van der Waals surface area contributed by atoms with Gasteiger partial charge in [-0.2, -0.15) is 4.31 Å². The van der Waals surface area contributed by atoms with Gasteiger partial charge in [-0.05, 0) is 12.1 Å². The molecule has 1 N–H and O–H groups in total. The van der Waals surface area contributed by atoms with Crippen molar-refractivity contribution >= 4 is 16.0 Å². The molecule has 5 nitrogen and oxygen atoms in total. The van der Waals surface area contributed by atoms with E-state index in [1.54, 1.807) is 25.1 Å². The van der Waals surface area contributed by atoms with Crippen LogP contribution in [0.25, 0.3) is 0 Å². The Morgan fingerprint density at radius 1 is 1.29 bits per heavy atom. The van der Waals surface area contributed by atoms with Gasteiger partial charge in [-0.3, -0.25) is 4.79 Å².